The largest absolute Gasteiger partial charge is 0.504 e. The number of rotatable bonds is 8. The number of methoxy groups -OCH3 is 1. The quantitative estimate of drug-likeness (QED) is 0.461. The second-order valence-electron chi connectivity index (χ2n) is 7.31. The molecule has 0 radical (unpaired) electrons. The Bertz CT molecular complexity index is 904. The van der Waals surface area contributed by atoms with Gasteiger partial charge in [-0.3, -0.25) is 9.59 Å². The minimum Gasteiger partial charge on any atom is -0.504 e. The van der Waals surface area contributed by atoms with E-state index >= 15 is 0 Å². The average molecular weight is 523 g/mol. The minimum atomic E-state index is -0.620. The lowest BCUT2D eigenvalue weighted by atomic mass is 9.97. The van der Waals surface area contributed by atoms with Crippen molar-refractivity contribution in [1.29, 1.82) is 0 Å². The summed E-state index contributed by atoms with van der Waals surface area (Å²) in [5, 5.41) is 12.7. The lowest BCUT2D eigenvalue weighted by Crippen LogP contribution is -2.63. The molecule has 2 unspecified atom stereocenters. The van der Waals surface area contributed by atoms with E-state index in [9.17, 15) is 14.7 Å². The van der Waals surface area contributed by atoms with Gasteiger partial charge >= 0.3 is 0 Å². The highest BCUT2D eigenvalue weighted by atomic mass is 127. The van der Waals surface area contributed by atoms with E-state index < -0.39 is 12.1 Å². The average Bonchev–Trinajstić information content (AvgIpc) is 2.74. The number of hydrogen-bond acceptors (Lipinski definition) is 5. The number of phenolic OH excluding ortho intramolecular Hbond substituents is 1. The molecule has 2 atom stereocenters. The Labute approximate surface area is 189 Å². The third-order valence-electron chi connectivity index (χ3n) is 5.21. The molecule has 1 fully saturated rings. The van der Waals surface area contributed by atoms with Crippen molar-refractivity contribution in [2.75, 3.05) is 13.7 Å². The monoisotopic (exact) mass is 523 g/mol. The van der Waals surface area contributed by atoms with Crippen LogP contribution in [-0.2, 0) is 22.6 Å². The molecule has 3 rings (SSSR count). The van der Waals surface area contributed by atoms with E-state index in [2.05, 4.69) is 27.9 Å². The summed E-state index contributed by atoms with van der Waals surface area (Å²) in [6, 6.07) is 11.6. The molecule has 8 heteroatoms. The topological polar surface area (TPSA) is 105 Å². The van der Waals surface area contributed by atoms with Crippen LogP contribution in [0.5, 0.6) is 11.5 Å². The highest BCUT2D eigenvalue weighted by molar-refractivity contribution is 14.1. The van der Waals surface area contributed by atoms with Crippen molar-refractivity contribution in [1.82, 2.24) is 10.2 Å². The lowest BCUT2D eigenvalue weighted by molar-refractivity contribution is -0.150. The number of nitrogens with two attached hydrogens (primary N) is 1. The van der Waals surface area contributed by atoms with Crippen molar-refractivity contribution in [3.63, 3.8) is 0 Å². The number of hydrogen-bond donors (Lipinski definition) is 3. The summed E-state index contributed by atoms with van der Waals surface area (Å²) >= 11 is 2.23. The van der Waals surface area contributed by atoms with Crippen molar-refractivity contribution in [2.45, 2.75) is 37.9 Å². The third kappa shape index (κ3) is 5.23. The summed E-state index contributed by atoms with van der Waals surface area (Å²) in [5.74, 6) is 0.0714. The number of carbonyl (C=O) groups excluding carboxylic acids is 2. The second kappa shape index (κ2) is 10.1. The van der Waals surface area contributed by atoms with Gasteiger partial charge < -0.3 is 25.8 Å². The number of halogens is 1. The molecule has 1 heterocycles. The number of phenols is 1. The normalized spacial score (nSPS) is 19.0. The molecule has 0 saturated carbocycles. The Hall–Kier alpha value is -2.33. The molecule has 1 aliphatic heterocycles. The molecule has 0 bridgehead atoms. The zero-order chi connectivity index (χ0) is 21.7. The van der Waals surface area contributed by atoms with Crippen molar-refractivity contribution in [2.24, 2.45) is 5.73 Å². The Morgan fingerprint density at radius 1 is 1.17 bits per heavy atom. The molecular formula is C22H26IN3O4. The number of ether oxygens (including phenoxy) is 1. The van der Waals surface area contributed by atoms with Crippen molar-refractivity contribution in [3.8, 4) is 11.5 Å². The molecule has 0 aliphatic carbocycles. The molecule has 2 aromatic rings. The van der Waals surface area contributed by atoms with Gasteiger partial charge in [-0.25, -0.2) is 0 Å². The van der Waals surface area contributed by atoms with Crippen LogP contribution in [0.3, 0.4) is 0 Å². The summed E-state index contributed by atoms with van der Waals surface area (Å²) in [5.41, 5.74) is 7.40. The first-order chi connectivity index (χ1) is 14.4. The summed E-state index contributed by atoms with van der Waals surface area (Å²) in [6.07, 6.45) is 1.57. The first-order valence-corrected chi connectivity index (χ1v) is 10.9. The smallest absolute Gasteiger partial charge is 0.246 e. The first-order valence-electron chi connectivity index (χ1n) is 9.84. The van der Waals surface area contributed by atoms with E-state index in [0.717, 1.165) is 14.7 Å². The summed E-state index contributed by atoms with van der Waals surface area (Å²) in [7, 11) is 1.47. The van der Waals surface area contributed by atoms with E-state index in [1.165, 1.54) is 13.2 Å². The molecule has 7 nitrogen and oxygen atoms in total. The van der Waals surface area contributed by atoms with E-state index in [-0.39, 0.29) is 24.1 Å². The number of benzene rings is 2. The maximum Gasteiger partial charge on any atom is 0.246 e. The minimum absolute atomic E-state index is 0.0280. The summed E-state index contributed by atoms with van der Waals surface area (Å²) in [6.45, 7) is 0.701. The molecule has 0 aromatic heterocycles. The highest BCUT2D eigenvalue weighted by Gasteiger charge is 2.40. The van der Waals surface area contributed by atoms with E-state index in [0.29, 0.717) is 31.6 Å². The van der Waals surface area contributed by atoms with Gasteiger partial charge in [0.15, 0.2) is 11.5 Å². The van der Waals surface area contributed by atoms with Crippen molar-refractivity contribution < 1.29 is 19.4 Å². The fourth-order valence-electron chi connectivity index (χ4n) is 3.62. The molecular weight excluding hydrogens is 497 g/mol. The summed E-state index contributed by atoms with van der Waals surface area (Å²) < 4.78 is 6.29. The van der Waals surface area contributed by atoms with Gasteiger partial charge in [0.1, 0.15) is 12.1 Å². The van der Waals surface area contributed by atoms with Crippen LogP contribution < -0.4 is 15.8 Å². The Morgan fingerprint density at radius 3 is 2.53 bits per heavy atom. The Kier molecular flexibility index (Phi) is 7.54. The number of nitrogens with one attached hydrogen (secondary N) is 1. The van der Waals surface area contributed by atoms with Crippen LogP contribution in [0.15, 0.2) is 42.5 Å². The lowest BCUT2D eigenvalue weighted by Gasteiger charge is -2.39. The number of aromatic hydroxyl groups is 1. The SMILES string of the molecule is COc1cc(CN2C(=O)C(Cc3ccc(I)cc3)NC(=O)C2CCCN)ccc1O. The molecule has 2 aromatic carbocycles. The van der Waals surface area contributed by atoms with Gasteiger partial charge in [-0.1, -0.05) is 18.2 Å². The number of piperazine rings is 1. The van der Waals surface area contributed by atoms with Gasteiger partial charge in [-0.2, -0.15) is 0 Å². The Balaban J connectivity index is 1.85. The Morgan fingerprint density at radius 2 is 1.87 bits per heavy atom. The van der Waals surface area contributed by atoms with Crippen molar-refractivity contribution >= 4 is 34.4 Å². The molecule has 1 saturated heterocycles. The molecule has 30 heavy (non-hydrogen) atoms. The van der Waals surface area contributed by atoms with Crippen LogP contribution in [0, 0.1) is 3.57 Å². The maximum absolute atomic E-state index is 13.3. The molecule has 1 aliphatic rings. The predicted octanol–water partition coefficient (Wildman–Crippen LogP) is 2.18. The van der Waals surface area contributed by atoms with Crippen LogP contribution in [0.1, 0.15) is 24.0 Å². The number of nitrogens with zero attached hydrogens (tertiary/aromatic N) is 1. The second-order valence-corrected chi connectivity index (χ2v) is 8.56. The van der Waals surface area contributed by atoms with Gasteiger partial charge in [0.05, 0.1) is 7.11 Å². The fourth-order valence-corrected chi connectivity index (χ4v) is 3.98. The zero-order valence-electron chi connectivity index (χ0n) is 16.8. The summed E-state index contributed by atoms with van der Waals surface area (Å²) in [4.78, 5) is 27.8. The molecule has 160 valence electrons. The van der Waals surface area contributed by atoms with Crippen LogP contribution in [0.4, 0.5) is 0 Å². The van der Waals surface area contributed by atoms with E-state index in [4.69, 9.17) is 10.5 Å². The molecule has 0 spiro atoms. The first kappa shape index (κ1) is 22.4. The standard InChI is InChI=1S/C22H26IN3O4/c1-30-20-12-15(6-9-19(20)27)13-26-18(3-2-10-24)21(28)25-17(22(26)29)11-14-4-7-16(23)8-5-14/h4-9,12,17-18,27H,2-3,10-11,13,24H2,1H3,(H,25,28). The van der Waals surface area contributed by atoms with E-state index in [1.54, 1.807) is 17.0 Å². The maximum atomic E-state index is 13.3. The van der Waals surface area contributed by atoms with Crippen LogP contribution in [0.25, 0.3) is 0 Å². The highest BCUT2D eigenvalue weighted by Crippen LogP contribution is 2.28. The van der Waals surface area contributed by atoms with Gasteiger partial charge in [-0.15, -0.1) is 0 Å². The van der Waals surface area contributed by atoms with Gasteiger partial charge in [-0.05, 0) is 77.4 Å². The van der Waals surface area contributed by atoms with Gasteiger partial charge in [0.25, 0.3) is 0 Å². The predicted molar refractivity (Wildman–Crippen MR) is 122 cm³/mol. The van der Waals surface area contributed by atoms with Gasteiger partial charge in [0, 0.05) is 16.5 Å². The zero-order valence-corrected chi connectivity index (χ0v) is 19.0. The van der Waals surface area contributed by atoms with Crippen LogP contribution in [0.2, 0.25) is 0 Å². The molecule has 4 N–H and O–H groups in total. The molecule has 2 amide bonds. The van der Waals surface area contributed by atoms with Crippen LogP contribution >= 0.6 is 22.6 Å². The van der Waals surface area contributed by atoms with E-state index in [1.807, 2.05) is 24.3 Å². The fraction of sp³-hybridized carbons (Fsp3) is 0.364. The van der Waals surface area contributed by atoms with Crippen molar-refractivity contribution in [3.05, 3.63) is 57.2 Å². The van der Waals surface area contributed by atoms with Gasteiger partial charge in [0.2, 0.25) is 11.8 Å². The van der Waals surface area contributed by atoms with Crippen LogP contribution in [-0.4, -0.2) is 47.6 Å². The third-order valence-corrected chi connectivity index (χ3v) is 5.93. The number of amides is 2. The number of carbonyl (C=O) groups is 2.